The van der Waals surface area contributed by atoms with Gasteiger partial charge in [-0.25, -0.2) is 0 Å². The number of aliphatic hydroxyl groups excluding tert-OH is 1. The Hall–Kier alpha value is -0.450. The van der Waals surface area contributed by atoms with Crippen LogP contribution in [0.1, 0.15) is 44.9 Å². The molecule has 1 aliphatic heterocycles. The highest BCUT2D eigenvalue weighted by molar-refractivity contribution is 5.93. The van der Waals surface area contributed by atoms with Gasteiger partial charge in [0.2, 0.25) is 0 Å². The minimum Gasteiger partial charge on any atom is -0.396 e. The number of hydrogen-bond donors (Lipinski definition) is 2. The predicted molar refractivity (Wildman–Crippen MR) is 58.0 cm³/mol. The lowest BCUT2D eigenvalue weighted by molar-refractivity contribution is -0.137. The maximum absolute atomic E-state index is 12.0. The number of unbranched alkanes of at least 4 members (excludes halogenated alkanes) is 1. The smallest absolute Gasteiger partial charge is 0.195 e. The van der Waals surface area contributed by atoms with Crippen LogP contribution in [0.2, 0.25) is 0 Å². The molecule has 1 saturated heterocycles. The van der Waals surface area contributed by atoms with Crippen LogP contribution in [0, 0.1) is 0 Å². The van der Waals surface area contributed by atoms with Crippen LogP contribution in [0.3, 0.4) is 0 Å². The average molecular weight is 228 g/mol. The first-order valence-electron chi connectivity index (χ1n) is 6.21. The average Bonchev–Trinajstić information content (AvgIpc) is 2.53. The molecule has 92 valence electrons. The molecule has 3 atom stereocenters. The van der Waals surface area contributed by atoms with Gasteiger partial charge in [0.1, 0.15) is 6.10 Å². The Labute approximate surface area is 95.6 Å². The second kappa shape index (κ2) is 4.82. The van der Waals surface area contributed by atoms with Gasteiger partial charge in [-0.2, -0.15) is 0 Å². The van der Waals surface area contributed by atoms with E-state index in [1.807, 2.05) is 0 Å². The Kier molecular flexibility index (Phi) is 3.62. The molecule has 16 heavy (non-hydrogen) atoms. The molecular weight excluding hydrogens is 208 g/mol. The minimum atomic E-state index is -1.21. The third kappa shape index (κ3) is 2.01. The number of carbonyl (C=O) groups is 1. The summed E-state index contributed by atoms with van der Waals surface area (Å²) in [5.41, 5.74) is -1.21. The van der Waals surface area contributed by atoms with E-state index in [1.54, 1.807) is 0 Å². The Bertz CT molecular complexity index is 266. The molecule has 0 aromatic carbocycles. The molecule has 4 nitrogen and oxygen atoms in total. The van der Waals surface area contributed by atoms with E-state index in [-0.39, 0.29) is 18.5 Å². The van der Waals surface area contributed by atoms with Crippen molar-refractivity contribution in [3.8, 4) is 0 Å². The van der Waals surface area contributed by atoms with Crippen molar-refractivity contribution in [3.05, 3.63) is 0 Å². The van der Waals surface area contributed by atoms with Crippen molar-refractivity contribution in [2.24, 2.45) is 0 Å². The van der Waals surface area contributed by atoms with Crippen LogP contribution in [0.5, 0.6) is 0 Å². The lowest BCUT2D eigenvalue weighted by atomic mass is 9.80. The number of aliphatic hydroxyl groups is 2. The van der Waals surface area contributed by atoms with Gasteiger partial charge in [-0.1, -0.05) is 6.42 Å². The van der Waals surface area contributed by atoms with E-state index < -0.39 is 11.7 Å². The van der Waals surface area contributed by atoms with Gasteiger partial charge in [-0.05, 0) is 38.5 Å². The van der Waals surface area contributed by atoms with Gasteiger partial charge in [-0.3, -0.25) is 4.79 Å². The zero-order chi connectivity index (χ0) is 11.6. The summed E-state index contributed by atoms with van der Waals surface area (Å²) < 4.78 is 5.65. The number of ketones is 1. The molecule has 4 heteroatoms. The van der Waals surface area contributed by atoms with E-state index in [9.17, 15) is 9.90 Å². The fraction of sp³-hybridized carbons (Fsp3) is 0.917. The fourth-order valence-electron chi connectivity index (χ4n) is 2.77. The highest BCUT2D eigenvalue weighted by Gasteiger charge is 2.55. The molecule has 0 radical (unpaired) electrons. The van der Waals surface area contributed by atoms with Crippen LogP contribution >= 0.6 is 0 Å². The lowest BCUT2D eigenvalue weighted by Gasteiger charge is -2.30. The zero-order valence-corrected chi connectivity index (χ0v) is 9.52. The Morgan fingerprint density at radius 1 is 1.38 bits per heavy atom. The van der Waals surface area contributed by atoms with Crippen molar-refractivity contribution >= 4 is 5.78 Å². The van der Waals surface area contributed by atoms with Gasteiger partial charge in [0, 0.05) is 6.61 Å². The Morgan fingerprint density at radius 3 is 2.88 bits per heavy atom. The van der Waals surface area contributed by atoms with Crippen molar-refractivity contribution in [2.75, 3.05) is 6.61 Å². The largest absolute Gasteiger partial charge is 0.396 e. The molecule has 0 amide bonds. The van der Waals surface area contributed by atoms with Crippen LogP contribution < -0.4 is 0 Å². The number of ether oxygens (including phenoxy) is 1. The molecule has 1 heterocycles. The zero-order valence-electron chi connectivity index (χ0n) is 9.52. The number of Topliss-reactive ketones (excluding diaryl/α,β-unsaturated/α-hetero) is 1. The van der Waals surface area contributed by atoms with Crippen LogP contribution in [-0.4, -0.2) is 40.4 Å². The molecule has 0 bridgehead atoms. The van der Waals surface area contributed by atoms with Crippen LogP contribution in [-0.2, 0) is 9.53 Å². The van der Waals surface area contributed by atoms with Crippen molar-refractivity contribution in [1.82, 2.24) is 0 Å². The van der Waals surface area contributed by atoms with Gasteiger partial charge in [0.15, 0.2) is 11.4 Å². The second-order valence-corrected chi connectivity index (χ2v) is 4.87. The fourth-order valence-corrected chi connectivity index (χ4v) is 2.77. The topological polar surface area (TPSA) is 66.8 Å². The number of fused-ring (bicyclic) bond motifs is 1. The maximum atomic E-state index is 12.0. The van der Waals surface area contributed by atoms with Crippen molar-refractivity contribution in [1.29, 1.82) is 0 Å². The normalized spacial score (nSPS) is 38.8. The third-order valence-corrected chi connectivity index (χ3v) is 3.73. The predicted octanol–water partition coefficient (Wildman–Crippen LogP) is 0.791. The maximum Gasteiger partial charge on any atom is 0.195 e. The number of rotatable bonds is 4. The number of hydrogen-bond acceptors (Lipinski definition) is 4. The molecule has 0 spiro atoms. The summed E-state index contributed by atoms with van der Waals surface area (Å²) in [5.74, 6) is -0.130. The first kappa shape index (κ1) is 12.0. The molecule has 0 unspecified atom stereocenters. The summed E-state index contributed by atoms with van der Waals surface area (Å²) in [7, 11) is 0. The standard InChI is InChI=1S/C12H20O4/c13-8-4-2-5-9-11(14)12(15)7-3-1-6-10(12)16-9/h9-10,13,15H,1-8H2/t9-,10+,12+/m0/s1. The van der Waals surface area contributed by atoms with Gasteiger partial charge >= 0.3 is 0 Å². The number of carbonyl (C=O) groups excluding carboxylic acids is 1. The molecule has 0 aromatic rings. The molecule has 2 N–H and O–H groups in total. The van der Waals surface area contributed by atoms with Crippen molar-refractivity contribution < 1.29 is 19.7 Å². The van der Waals surface area contributed by atoms with E-state index in [1.165, 1.54) is 0 Å². The molecule has 0 aromatic heterocycles. The quantitative estimate of drug-likeness (QED) is 0.698. The van der Waals surface area contributed by atoms with Gasteiger partial charge in [0.25, 0.3) is 0 Å². The first-order valence-corrected chi connectivity index (χ1v) is 6.21. The third-order valence-electron chi connectivity index (χ3n) is 3.73. The highest BCUT2D eigenvalue weighted by atomic mass is 16.5. The van der Waals surface area contributed by atoms with E-state index in [2.05, 4.69) is 0 Å². The second-order valence-electron chi connectivity index (χ2n) is 4.87. The van der Waals surface area contributed by atoms with E-state index >= 15 is 0 Å². The van der Waals surface area contributed by atoms with Gasteiger partial charge in [0.05, 0.1) is 6.10 Å². The Balaban J connectivity index is 1.95. The minimum absolute atomic E-state index is 0.130. The van der Waals surface area contributed by atoms with Crippen molar-refractivity contribution in [2.45, 2.75) is 62.8 Å². The van der Waals surface area contributed by atoms with Crippen LogP contribution in [0.25, 0.3) is 0 Å². The first-order chi connectivity index (χ1) is 7.68. The van der Waals surface area contributed by atoms with Gasteiger partial charge < -0.3 is 14.9 Å². The lowest BCUT2D eigenvalue weighted by Crippen LogP contribution is -2.47. The monoisotopic (exact) mass is 228 g/mol. The summed E-state index contributed by atoms with van der Waals surface area (Å²) in [6, 6.07) is 0. The van der Waals surface area contributed by atoms with E-state index in [4.69, 9.17) is 9.84 Å². The SMILES string of the molecule is O=C1[C@H](CCCCO)O[C@@H]2CCCC[C@]12O. The molecule has 2 rings (SSSR count). The molecule has 2 fully saturated rings. The van der Waals surface area contributed by atoms with E-state index in [0.717, 1.165) is 25.7 Å². The van der Waals surface area contributed by atoms with Gasteiger partial charge in [-0.15, -0.1) is 0 Å². The summed E-state index contributed by atoms with van der Waals surface area (Å²) >= 11 is 0. The van der Waals surface area contributed by atoms with E-state index in [0.29, 0.717) is 19.3 Å². The summed E-state index contributed by atoms with van der Waals surface area (Å²) in [5, 5.41) is 19.0. The molecular formula is C12H20O4. The highest BCUT2D eigenvalue weighted by Crippen LogP contribution is 2.39. The molecule has 1 saturated carbocycles. The Morgan fingerprint density at radius 2 is 2.19 bits per heavy atom. The molecule has 1 aliphatic carbocycles. The summed E-state index contributed by atoms with van der Waals surface area (Å²) in [6.07, 6.45) is 4.64. The van der Waals surface area contributed by atoms with Crippen LogP contribution in [0.15, 0.2) is 0 Å². The summed E-state index contributed by atoms with van der Waals surface area (Å²) in [4.78, 5) is 12.0. The van der Waals surface area contributed by atoms with Crippen LogP contribution in [0.4, 0.5) is 0 Å². The van der Waals surface area contributed by atoms with Crippen molar-refractivity contribution in [3.63, 3.8) is 0 Å². The molecule has 2 aliphatic rings. The summed E-state index contributed by atoms with van der Waals surface area (Å²) in [6.45, 7) is 0.147.